The van der Waals surface area contributed by atoms with Crippen molar-refractivity contribution in [1.29, 1.82) is 0 Å². The summed E-state index contributed by atoms with van der Waals surface area (Å²) in [6.07, 6.45) is -0.948. The van der Waals surface area contributed by atoms with Crippen LogP contribution in [0.5, 0.6) is 0 Å². The zero-order chi connectivity index (χ0) is 9.14. The van der Waals surface area contributed by atoms with E-state index in [9.17, 15) is 14.7 Å². The lowest BCUT2D eigenvalue weighted by atomic mass is 10.1. The maximum absolute atomic E-state index is 11.0. The molecular formula is C7H11NO4. The van der Waals surface area contributed by atoms with Gasteiger partial charge >= 0.3 is 5.97 Å². The van der Waals surface area contributed by atoms with Crippen LogP contribution < -0.4 is 5.32 Å². The summed E-state index contributed by atoms with van der Waals surface area (Å²) in [6, 6.07) is 0. The van der Waals surface area contributed by atoms with Crippen molar-refractivity contribution in [1.82, 2.24) is 5.32 Å². The number of esters is 1. The zero-order valence-corrected chi connectivity index (χ0v) is 6.74. The van der Waals surface area contributed by atoms with Gasteiger partial charge in [-0.25, -0.2) is 0 Å². The predicted molar refractivity (Wildman–Crippen MR) is 39.1 cm³/mol. The lowest BCUT2D eigenvalue weighted by Crippen LogP contribution is -2.31. The van der Waals surface area contributed by atoms with Crippen LogP contribution in [0, 0.1) is 5.92 Å². The summed E-state index contributed by atoms with van der Waals surface area (Å²) in [5.74, 6) is -2.15. The van der Waals surface area contributed by atoms with Crippen LogP contribution >= 0.6 is 0 Å². The molecule has 0 aromatic heterocycles. The van der Waals surface area contributed by atoms with Gasteiger partial charge in [0.25, 0.3) is 0 Å². The first-order valence-corrected chi connectivity index (χ1v) is 3.79. The lowest BCUT2D eigenvalue weighted by molar-refractivity contribution is -0.153. The van der Waals surface area contributed by atoms with E-state index >= 15 is 0 Å². The SMILES string of the molecule is CCOC(=O)C1C(=O)NCC1O. The van der Waals surface area contributed by atoms with Gasteiger partial charge in [0.05, 0.1) is 12.7 Å². The molecule has 1 rings (SSSR count). The van der Waals surface area contributed by atoms with E-state index in [1.165, 1.54) is 0 Å². The minimum absolute atomic E-state index is 0.127. The van der Waals surface area contributed by atoms with Gasteiger partial charge in [-0.05, 0) is 6.92 Å². The van der Waals surface area contributed by atoms with Crippen molar-refractivity contribution in [2.75, 3.05) is 13.2 Å². The lowest BCUT2D eigenvalue weighted by Gasteiger charge is -2.08. The standard InChI is InChI=1S/C7H11NO4/c1-2-12-7(11)5-4(9)3-8-6(5)10/h4-5,9H,2-3H2,1H3,(H,8,10). The molecule has 5 nitrogen and oxygen atoms in total. The van der Waals surface area contributed by atoms with Gasteiger partial charge < -0.3 is 15.2 Å². The van der Waals surface area contributed by atoms with Crippen molar-refractivity contribution in [2.45, 2.75) is 13.0 Å². The largest absolute Gasteiger partial charge is 0.465 e. The molecule has 2 N–H and O–H groups in total. The molecule has 0 aromatic rings. The molecule has 1 amide bonds. The average molecular weight is 173 g/mol. The zero-order valence-electron chi connectivity index (χ0n) is 6.74. The molecule has 5 heteroatoms. The molecule has 12 heavy (non-hydrogen) atoms. The Bertz CT molecular complexity index is 204. The van der Waals surface area contributed by atoms with Gasteiger partial charge in [-0.1, -0.05) is 0 Å². The fourth-order valence-corrected chi connectivity index (χ4v) is 1.10. The number of carbonyl (C=O) groups excluding carboxylic acids is 2. The highest BCUT2D eigenvalue weighted by molar-refractivity contribution is 6.00. The summed E-state index contributed by atoms with van der Waals surface area (Å²) >= 11 is 0. The number of ether oxygens (including phenoxy) is 1. The van der Waals surface area contributed by atoms with Gasteiger partial charge in [-0.3, -0.25) is 9.59 Å². The smallest absolute Gasteiger partial charge is 0.321 e. The van der Waals surface area contributed by atoms with Crippen molar-refractivity contribution >= 4 is 11.9 Å². The molecule has 1 saturated heterocycles. The topological polar surface area (TPSA) is 75.6 Å². The summed E-state index contributed by atoms with van der Waals surface area (Å²) in [6.45, 7) is 1.99. The molecule has 1 heterocycles. The molecule has 0 aromatic carbocycles. The molecule has 1 aliphatic heterocycles. The van der Waals surface area contributed by atoms with E-state index in [1.54, 1.807) is 6.92 Å². The summed E-state index contributed by atoms with van der Waals surface area (Å²) in [5, 5.41) is 11.5. The van der Waals surface area contributed by atoms with E-state index < -0.39 is 23.9 Å². The normalized spacial score (nSPS) is 28.3. The summed E-state index contributed by atoms with van der Waals surface area (Å²) in [4.78, 5) is 22.0. The van der Waals surface area contributed by atoms with Crippen LogP contribution in [0.1, 0.15) is 6.92 Å². The highest BCUT2D eigenvalue weighted by Crippen LogP contribution is 2.11. The molecule has 0 aliphatic carbocycles. The van der Waals surface area contributed by atoms with E-state index in [-0.39, 0.29) is 13.2 Å². The number of nitrogens with one attached hydrogen (secondary N) is 1. The van der Waals surface area contributed by atoms with Gasteiger partial charge in [0.1, 0.15) is 0 Å². The number of hydrogen-bond acceptors (Lipinski definition) is 4. The Balaban J connectivity index is 2.59. The van der Waals surface area contributed by atoms with Crippen LogP contribution in [0.3, 0.4) is 0 Å². The van der Waals surface area contributed by atoms with Crippen molar-refractivity contribution in [3.05, 3.63) is 0 Å². The second-order valence-electron chi connectivity index (χ2n) is 2.54. The molecule has 1 fully saturated rings. The average Bonchev–Trinajstić information content (AvgIpc) is 2.32. The Morgan fingerprint density at radius 3 is 2.92 bits per heavy atom. The Labute approximate surface area is 69.7 Å². The summed E-state index contributed by atoms with van der Waals surface area (Å²) in [5.41, 5.74) is 0. The number of aliphatic hydroxyl groups excluding tert-OH is 1. The fourth-order valence-electron chi connectivity index (χ4n) is 1.10. The maximum atomic E-state index is 11.0. The predicted octanol–water partition coefficient (Wildman–Crippen LogP) is -1.34. The highest BCUT2D eigenvalue weighted by Gasteiger charge is 2.40. The Morgan fingerprint density at radius 1 is 1.83 bits per heavy atom. The van der Waals surface area contributed by atoms with Gasteiger partial charge in [-0.2, -0.15) is 0 Å². The molecule has 0 spiro atoms. The molecule has 1 aliphatic rings. The number of amides is 1. The van der Waals surface area contributed by atoms with Crippen LogP contribution in [0.4, 0.5) is 0 Å². The minimum atomic E-state index is -1.04. The van der Waals surface area contributed by atoms with E-state index in [2.05, 4.69) is 10.1 Å². The van der Waals surface area contributed by atoms with Crippen LogP contribution in [-0.4, -0.2) is 36.2 Å². The van der Waals surface area contributed by atoms with E-state index in [0.717, 1.165) is 0 Å². The molecular weight excluding hydrogens is 162 g/mol. The number of hydrogen-bond donors (Lipinski definition) is 2. The van der Waals surface area contributed by atoms with Crippen molar-refractivity contribution < 1.29 is 19.4 Å². The summed E-state index contributed by atoms with van der Waals surface area (Å²) < 4.78 is 4.61. The highest BCUT2D eigenvalue weighted by atomic mass is 16.5. The van der Waals surface area contributed by atoms with Gasteiger partial charge in [0, 0.05) is 6.54 Å². The number of rotatable bonds is 2. The third-order valence-corrected chi connectivity index (χ3v) is 1.69. The molecule has 68 valence electrons. The van der Waals surface area contributed by atoms with Crippen molar-refractivity contribution in [3.63, 3.8) is 0 Å². The fraction of sp³-hybridized carbons (Fsp3) is 0.714. The van der Waals surface area contributed by atoms with Crippen molar-refractivity contribution in [2.24, 2.45) is 5.92 Å². The first-order valence-electron chi connectivity index (χ1n) is 3.79. The van der Waals surface area contributed by atoms with Crippen LogP contribution in [0.25, 0.3) is 0 Å². The molecule has 2 unspecified atom stereocenters. The Morgan fingerprint density at radius 2 is 2.50 bits per heavy atom. The second kappa shape index (κ2) is 3.53. The molecule has 0 radical (unpaired) electrons. The Kier molecular flexibility index (Phi) is 2.65. The van der Waals surface area contributed by atoms with Crippen LogP contribution in [0.15, 0.2) is 0 Å². The van der Waals surface area contributed by atoms with Gasteiger partial charge in [0.15, 0.2) is 5.92 Å². The maximum Gasteiger partial charge on any atom is 0.321 e. The van der Waals surface area contributed by atoms with Crippen LogP contribution in [0.2, 0.25) is 0 Å². The van der Waals surface area contributed by atoms with Gasteiger partial charge in [-0.15, -0.1) is 0 Å². The number of β-amino-alcohol motifs (C(OH)–C–C–N with tert-alkyl or cyclic N) is 1. The van der Waals surface area contributed by atoms with Gasteiger partial charge in [0.2, 0.25) is 5.91 Å². The number of aliphatic hydroxyl groups is 1. The monoisotopic (exact) mass is 173 g/mol. The van der Waals surface area contributed by atoms with E-state index in [4.69, 9.17) is 0 Å². The first kappa shape index (κ1) is 8.99. The first-order chi connectivity index (χ1) is 5.66. The Hall–Kier alpha value is -1.10. The molecule has 0 bridgehead atoms. The van der Waals surface area contributed by atoms with Crippen LogP contribution in [-0.2, 0) is 14.3 Å². The third kappa shape index (κ3) is 1.55. The van der Waals surface area contributed by atoms with E-state index in [1.807, 2.05) is 0 Å². The second-order valence-corrected chi connectivity index (χ2v) is 2.54. The minimum Gasteiger partial charge on any atom is -0.465 e. The molecule has 2 atom stereocenters. The van der Waals surface area contributed by atoms with E-state index in [0.29, 0.717) is 0 Å². The number of carbonyl (C=O) groups is 2. The summed E-state index contributed by atoms with van der Waals surface area (Å²) in [7, 11) is 0. The third-order valence-electron chi connectivity index (χ3n) is 1.69. The van der Waals surface area contributed by atoms with Crippen molar-refractivity contribution in [3.8, 4) is 0 Å². The molecule has 0 saturated carbocycles. The quantitative estimate of drug-likeness (QED) is 0.400.